The van der Waals surface area contributed by atoms with E-state index in [4.69, 9.17) is 0 Å². The zero-order chi connectivity index (χ0) is 13.8. The summed E-state index contributed by atoms with van der Waals surface area (Å²) in [5.41, 5.74) is 0.213. The molecule has 18 heavy (non-hydrogen) atoms. The van der Waals surface area contributed by atoms with Crippen molar-refractivity contribution in [3.8, 4) is 0 Å². The molecule has 7 nitrogen and oxygen atoms in total. The first kappa shape index (κ1) is 14.4. The maximum Gasteiger partial charge on any atom is 0.333 e. The molecule has 1 aromatic rings. The quantitative estimate of drug-likeness (QED) is 0.573. The molecule has 0 bridgehead atoms. The fourth-order valence-corrected chi connectivity index (χ4v) is 2.44. The molecule has 100 valence electrons. The second-order valence-electron chi connectivity index (χ2n) is 3.54. The fraction of sp³-hybridized carbons (Fsp3) is 0.400. The summed E-state index contributed by atoms with van der Waals surface area (Å²) < 4.78 is 31.7. The predicted molar refractivity (Wildman–Crippen MR) is 64.2 cm³/mol. The van der Waals surface area contributed by atoms with E-state index in [1.165, 1.54) is 31.1 Å². The van der Waals surface area contributed by atoms with E-state index in [2.05, 4.69) is 21.1 Å². The van der Waals surface area contributed by atoms with Crippen LogP contribution in [0.1, 0.15) is 6.42 Å². The van der Waals surface area contributed by atoms with Crippen LogP contribution in [-0.4, -0.2) is 37.8 Å². The van der Waals surface area contributed by atoms with Crippen molar-refractivity contribution >= 4 is 16.0 Å². The number of carbonyl (C=O) groups excluding carboxylic acids is 1. The molecule has 0 atom stereocenters. The first-order valence-electron chi connectivity index (χ1n) is 5.12. The Morgan fingerprint density at radius 2 is 2.28 bits per heavy atom. The first-order valence-corrected chi connectivity index (χ1v) is 6.60. The Balaban J connectivity index is 2.57. The molecule has 0 saturated heterocycles. The summed E-state index contributed by atoms with van der Waals surface area (Å²) in [6.07, 6.45) is 1.58. The van der Waals surface area contributed by atoms with Crippen LogP contribution in [0.3, 0.4) is 0 Å². The number of nitrogens with one attached hydrogen (secondary N) is 1. The predicted octanol–water partition coefficient (Wildman–Crippen LogP) is -0.182. The first-order chi connectivity index (χ1) is 8.38. The van der Waals surface area contributed by atoms with Gasteiger partial charge in [-0.2, -0.15) is 5.10 Å². The molecule has 1 N–H and O–H groups in total. The SMILES string of the molecule is C=C(CCNS(=O)(=O)c1ccnn1C)C(=O)OC. The van der Waals surface area contributed by atoms with Crippen molar-refractivity contribution in [2.45, 2.75) is 11.4 Å². The molecule has 0 aliphatic carbocycles. The summed E-state index contributed by atoms with van der Waals surface area (Å²) >= 11 is 0. The van der Waals surface area contributed by atoms with Gasteiger partial charge < -0.3 is 4.74 Å². The van der Waals surface area contributed by atoms with Gasteiger partial charge in [-0.15, -0.1) is 0 Å². The summed E-state index contributed by atoms with van der Waals surface area (Å²) in [6, 6.07) is 1.39. The largest absolute Gasteiger partial charge is 0.466 e. The highest BCUT2D eigenvalue weighted by atomic mass is 32.2. The highest BCUT2D eigenvalue weighted by Gasteiger charge is 2.17. The Morgan fingerprint density at radius 1 is 1.61 bits per heavy atom. The third kappa shape index (κ3) is 3.41. The van der Waals surface area contributed by atoms with Crippen LogP contribution in [0, 0.1) is 0 Å². The third-order valence-corrected chi connectivity index (χ3v) is 3.78. The van der Waals surface area contributed by atoms with Crippen molar-refractivity contribution in [1.82, 2.24) is 14.5 Å². The van der Waals surface area contributed by atoms with Crippen LogP contribution in [0.5, 0.6) is 0 Å². The van der Waals surface area contributed by atoms with E-state index in [1.807, 2.05) is 0 Å². The van der Waals surface area contributed by atoms with E-state index in [0.29, 0.717) is 0 Å². The van der Waals surface area contributed by atoms with E-state index in [1.54, 1.807) is 0 Å². The summed E-state index contributed by atoms with van der Waals surface area (Å²) in [4.78, 5) is 11.0. The van der Waals surface area contributed by atoms with Crippen molar-refractivity contribution in [3.63, 3.8) is 0 Å². The second kappa shape index (κ2) is 5.78. The zero-order valence-corrected chi connectivity index (χ0v) is 11.0. The average Bonchev–Trinajstić information content (AvgIpc) is 2.74. The minimum absolute atomic E-state index is 0.0613. The topological polar surface area (TPSA) is 90.3 Å². The molecular weight excluding hydrogens is 258 g/mol. The zero-order valence-electron chi connectivity index (χ0n) is 10.2. The Morgan fingerprint density at radius 3 is 2.78 bits per heavy atom. The maximum absolute atomic E-state index is 11.8. The molecule has 0 unspecified atom stereocenters. The van der Waals surface area contributed by atoms with Crippen LogP contribution in [0.25, 0.3) is 0 Å². The van der Waals surface area contributed by atoms with Crippen molar-refractivity contribution in [3.05, 3.63) is 24.4 Å². The van der Waals surface area contributed by atoms with E-state index in [0.717, 1.165) is 0 Å². The Kier molecular flexibility index (Phi) is 4.62. The maximum atomic E-state index is 11.8. The fourth-order valence-electron chi connectivity index (χ4n) is 1.28. The molecule has 1 aromatic heterocycles. The lowest BCUT2D eigenvalue weighted by Gasteiger charge is -2.07. The molecule has 0 amide bonds. The van der Waals surface area contributed by atoms with E-state index in [9.17, 15) is 13.2 Å². The number of esters is 1. The molecular formula is C10H15N3O4S. The lowest BCUT2D eigenvalue weighted by Crippen LogP contribution is -2.27. The standard InChI is InChI=1S/C10H15N3O4S/c1-8(10(14)17-3)4-7-12-18(15,16)9-5-6-11-13(9)2/h5-6,12H,1,4,7H2,2-3H3. The van der Waals surface area contributed by atoms with Gasteiger partial charge in [-0.05, 0) is 12.5 Å². The van der Waals surface area contributed by atoms with E-state index in [-0.39, 0.29) is 23.6 Å². The average molecular weight is 273 g/mol. The molecule has 0 saturated carbocycles. The lowest BCUT2D eigenvalue weighted by atomic mass is 10.2. The van der Waals surface area contributed by atoms with Crippen LogP contribution in [0.4, 0.5) is 0 Å². The summed E-state index contributed by atoms with van der Waals surface area (Å²) in [7, 11) is -0.845. The van der Waals surface area contributed by atoms with Gasteiger partial charge in [0.2, 0.25) is 0 Å². The van der Waals surface area contributed by atoms with Gasteiger partial charge in [-0.25, -0.2) is 17.9 Å². The highest BCUT2D eigenvalue weighted by Crippen LogP contribution is 2.06. The van der Waals surface area contributed by atoms with E-state index >= 15 is 0 Å². The molecule has 0 fully saturated rings. The number of hydrogen-bond donors (Lipinski definition) is 1. The summed E-state index contributed by atoms with van der Waals surface area (Å²) in [5, 5.41) is 3.83. The Bertz CT molecular complexity index is 547. The van der Waals surface area contributed by atoms with Gasteiger partial charge in [0.1, 0.15) is 0 Å². The monoisotopic (exact) mass is 273 g/mol. The number of methoxy groups -OCH3 is 1. The number of aryl methyl sites for hydroxylation is 1. The van der Waals surface area contributed by atoms with Crippen LogP contribution >= 0.6 is 0 Å². The molecule has 0 aliphatic heterocycles. The number of ether oxygens (including phenoxy) is 1. The van der Waals surface area contributed by atoms with Crippen molar-refractivity contribution < 1.29 is 17.9 Å². The number of aromatic nitrogens is 2. The molecule has 1 rings (SSSR count). The smallest absolute Gasteiger partial charge is 0.333 e. The van der Waals surface area contributed by atoms with Crippen molar-refractivity contribution in [2.24, 2.45) is 7.05 Å². The van der Waals surface area contributed by atoms with E-state index < -0.39 is 16.0 Å². The van der Waals surface area contributed by atoms with Gasteiger partial charge in [0.15, 0.2) is 5.03 Å². The lowest BCUT2D eigenvalue weighted by molar-refractivity contribution is -0.136. The van der Waals surface area contributed by atoms with Crippen LogP contribution in [-0.2, 0) is 26.6 Å². The van der Waals surface area contributed by atoms with Crippen molar-refractivity contribution in [2.75, 3.05) is 13.7 Å². The number of rotatable bonds is 6. The molecule has 0 radical (unpaired) electrons. The number of carbonyl (C=O) groups is 1. The molecule has 8 heteroatoms. The van der Waals surface area contributed by atoms with Gasteiger partial charge in [0, 0.05) is 19.2 Å². The van der Waals surface area contributed by atoms with Gasteiger partial charge in [0.25, 0.3) is 10.0 Å². The minimum Gasteiger partial charge on any atom is -0.466 e. The molecule has 0 aromatic carbocycles. The van der Waals surface area contributed by atoms with Gasteiger partial charge in [-0.1, -0.05) is 6.58 Å². The normalized spacial score (nSPS) is 11.2. The minimum atomic E-state index is -3.62. The number of hydrogen-bond acceptors (Lipinski definition) is 5. The summed E-state index contributed by atoms with van der Waals surface area (Å²) in [5.74, 6) is -0.547. The van der Waals surface area contributed by atoms with Gasteiger partial charge in [-0.3, -0.25) is 4.68 Å². The summed E-state index contributed by atoms with van der Waals surface area (Å²) in [6.45, 7) is 3.57. The molecule has 0 aliphatic rings. The van der Waals surface area contributed by atoms with Crippen LogP contribution in [0.15, 0.2) is 29.4 Å². The van der Waals surface area contributed by atoms with Gasteiger partial charge in [0.05, 0.1) is 13.3 Å². The molecule has 0 spiro atoms. The van der Waals surface area contributed by atoms with Crippen LogP contribution < -0.4 is 4.72 Å². The Hall–Kier alpha value is -1.67. The third-order valence-electron chi connectivity index (χ3n) is 2.24. The van der Waals surface area contributed by atoms with Gasteiger partial charge >= 0.3 is 5.97 Å². The highest BCUT2D eigenvalue weighted by molar-refractivity contribution is 7.89. The molecule has 1 heterocycles. The van der Waals surface area contributed by atoms with Crippen molar-refractivity contribution in [1.29, 1.82) is 0 Å². The number of nitrogens with zero attached hydrogens (tertiary/aromatic N) is 2. The number of sulfonamides is 1. The van der Waals surface area contributed by atoms with Crippen LogP contribution in [0.2, 0.25) is 0 Å². The second-order valence-corrected chi connectivity index (χ2v) is 5.25. The Labute approximate surface area is 105 Å².